The molecule has 0 aliphatic heterocycles. The Hall–Kier alpha value is -2.87. The molecule has 0 atom stereocenters. The van der Waals surface area contributed by atoms with Gasteiger partial charge in [-0.1, -0.05) is 30.0 Å². The molecule has 0 saturated heterocycles. The summed E-state index contributed by atoms with van der Waals surface area (Å²) < 4.78 is 15.1. The van der Waals surface area contributed by atoms with E-state index in [9.17, 15) is 9.18 Å². The van der Waals surface area contributed by atoms with Crippen LogP contribution in [0.3, 0.4) is 0 Å². The standard InChI is InChI=1S/C18H18FN5OS/c1-2-24-17(14-8-3-4-9-15(14)20)22-23-18(24)26-11-16(25)21-13-7-5-6-12(19)10-13/h3-10H,2,11,20H2,1H3,(H,21,25). The van der Waals surface area contributed by atoms with E-state index < -0.39 is 5.82 Å². The number of para-hydroxylation sites is 1. The molecule has 134 valence electrons. The molecular formula is C18H18FN5OS. The van der Waals surface area contributed by atoms with Gasteiger partial charge in [0.1, 0.15) is 5.82 Å². The van der Waals surface area contributed by atoms with E-state index in [1.807, 2.05) is 35.8 Å². The summed E-state index contributed by atoms with van der Waals surface area (Å²) in [6.07, 6.45) is 0. The summed E-state index contributed by atoms with van der Waals surface area (Å²) in [6.45, 7) is 2.62. The first kappa shape index (κ1) is 17.9. The average molecular weight is 371 g/mol. The zero-order valence-corrected chi connectivity index (χ0v) is 15.0. The van der Waals surface area contributed by atoms with Crippen molar-refractivity contribution in [1.82, 2.24) is 14.8 Å². The first-order valence-corrected chi connectivity index (χ1v) is 9.03. The molecule has 26 heavy (non-hydrogen) atoms. The number of carbonyl (C=O) groups excluding carboxylic acids is 1. The first-order valence-electron chi connectivity index (χ1n) is 8.04. The van der Waals surface area contributed by atoms with Gasteiger partial charge >= 0.3 is 0 Å². The van der Waals surface area contributed by atoms with Gasteiger partial charge in [-0.15, -0.1) is 10.2 Å². The van der Waals surface area contributed by atoms with Gasteiger partial charge in [0.2, 0.25) is 5.91 Å². The van der Waals surface area contributed by atoms with Crippen LogP contribution in [-0.2, 0) is 11.3 Å². The third-order valence-corrected chi connectivity index (χ3v) is 4.64. The number of nitrogens with zero attached hydrogens (tertiary/aromatic N) is 3. The van der Waals surface area contributed by atoms with Gasteiger partial charge in [-0.25, -0.2) is 4.39 Å². The number of hydrogen-bond acceptors (Lipinski definition) is 5. The second-order valence-corrected chi connectivity index (χ2v) is 6.43. The second kappa shape index (κ2) is 8.01. The van der Waals surface area contributed by atoms with Gasteiger partial charge in [-0.2, -0.15) is 0 Å². The number of anilines is 2. The summed E-state index contributed by atoms with van der Waals surface area (Å²) in [5.41, 5.74) is 7.87. The van der Waals surface area contributed by atoms with E-state index in [0.29, 0.717) is 28.9 Å². The number of thioether (sulfide) groups is 1. The van der Waals surface area contributed by atoms with Gasteiger partial charge in [-0.05, 0) is 37.3 Å². The number of hydrogen-bond donors (Lipinski definition) is 2. The largest absolute Gasteiger partial charge is 0.398 e. The Labute approximate surface area is 154 Å². The minimum absolute atomic E-state index is 0.138. The lowest BCUT2D eigenvalue weighted by molar-refractivity contribution is -0.113. The Kier molecular flexibility index (Phi) is 5.52. The number of rotatable bonds is 6. The molecule has 3 N–H and O–H groups in total. The van der Waals surface area contributed by atoms with E-state index in [1.165, 1.54) is 23.9 Å². The molecule has 1 amide bonds. The molecule has 0 unspecified atom stereocenters. The molecule has 8 heteroatoms. The number of nitrogens with one attached hydrogen (secondary N) is 1. The van der Waals surface area contributed by atoms with Crippen molar-refractivity contribution in [3.8, 4) is 11.4 Å². The molecule has 0 radical (unpaired) electrons. The molecule has 3 rings (SSSR count). The zero-order valence-electron chi connectivity index (χ0n) is 14.1. The van der Waals surface area contributed by atoms with Gasteiger partial charge in [-0.3, -0.25) is 4.79 Å². The third-order valence-electron chi connectivity index (χ3n) is 3.68. The quantitative estimate of drug-likeness (QED) is 0.512. The molecule has 6 nitrogen and oxygen atoms in total. The average Bonchev–Trinajstić information content (AvgIpc) is 3.03. The summed E-state index contributed by atoms with van der Waals surface area (Å²) in [5.74, 6) is 0.163. The molecule has 0 fully saturated rings. The maximum absolute atomic E-state index is 13.2. The fourth-order valence-electron chi connectivity index (χ4n) is 2.47. The molecule has 0 spiro atoms. The van der Waals surface area contributed by atoms with Crippen LogP contribution in [0.4, 0.5) is 15.8 Å². The first-order chi connectivity index (χ1) is 12.6. The maximum Gasteiger partial charge on any atom is 0.234 e. The highest BCUT2D eigenvalue weighted by Gasteiger charge is 2.16. The Bertz CT molecular complexity index is 927. The van der Waals surface area contributed by atoms with Crippen LogP contribution in [0.15, 0.2) is 53.7 Å². The van der Waals surface area contributed by atoms with E-state index in [4.69, 9.17) is 5.73 Å². The van der Waals surface area contributed by atoms with Crippen LogP contribution in [0.2, 0.25) is 0 Å². The summed E-state index contributed by atoms with van der Waals surface area (Å²) in [7, 11) is 0. The minimum atomic E-state index is -0.397. The zero-order chi connectivity index (χ0) is 18.5. The van der Waals surface area contributed by atoms with Crippen LogP contribution < -0.4 is 11.1 Å². The van der Waals surface area contributed by atoms with E-state index in [2.05, 4.69) is 15.5 Å². The van der Waals surface area contributed by atoms with E-state index >= 15 is 0 Å². The number of carbonyl (C=O) groups is 1. The Balaban J connectivity index is 1.71. The smallest absolute Gasteiger partial charge is 0.234 e. The van der Waals surface area contributed by atoms with Crippen molar-refractivity contribution < 1.29 is 9.18 Å². The molecule has 1 aromatic heterocycles. The lowest BCUT2D eigenvalue weighted by Crippen LogP contribution is -2.14. The Morgan fingerprint density at radius 1 is 1.23 bits per heavy atom. The normalized spacial score (nSPS) is 10.7. The molecular weight excluding hydrogens is 353 g/mol. The molecule has 1 heterocycles. The fourth-order valence-corrected chi connectivity index (χ4v) is 3.28. The van der Waals surface area contributed by atoms with E-state index in [1.54, 1.807) is 12.1 Å². The number of nitrogen functional groups attached to an aromatic ring is 1. The number of aromatic nitrogens is 3. The summed E-state index contributed by atoms with van der Waals surface area (Å²) in [5, 5.41) is 11.7. The van der Waals surface area contributed by atoms with Crippen molar-refractivity contribution in [3.05, 3.63) is 54.3 Å². The van der Waals surface area contributed by atoms with Crippen molar-refractivity contribution in [1.29, 1.82) is 0 Å². The Morgan fingerprint density at radius 2 is 2.04 bits per heavy atom. The van der Waals surface area contributed by atoms with Gasteiger partial charge in [0.25, 0.3) is 0 Å². The van der Waals surface area contributed by atoms with Gasteiger partial charge in [0, 0.05) is 23.5 Å². The van der Waals surface area contributed by atoms with Crippen LogP contribution in [0.25, 0.3) is 11.4 Å². The molecule has 0 aliphatic rings. The summed E-state index contributed by atoms with van der Waals surface area (Å²) >= 11 is 1.27. The molecule has 2 aromatic carbocycles. The SMILES string of the molecule is CCn1c(SCC(=O)Nc2cccc(F)c2)nnc1-c1ccccc1N. The number of nitrogens with two attached hydrogens (primary N) is 1. The van der Waals surface area contributed by atoms with E-state index in [0.717, 1.165) is 5.56 Å². The number of halogens is 1. The highest BCUT2D eigenvalue weighted by Crippen LogP contribution is 2.27. The highest BCUT2D eigenvalue weighted by atomic mass is 32.2. The monoisotopic (exact) mass is 371 g/mol. The molecule has 0 bridgehead atoms. The van der Waals surface area contributed by atoms with Crippen LogP contribution in [0.5, 0.6) is 0 Å². The van der Waals surface area contributed by atoms with Gasteiger partial charge < -0.3 is 15.6 Å². The van der Waals surface area contributed by atoms with Crippen LogP contribution in [0.1, 0.15) is 6.92 Å². The number of benzene rings is 2. The lowest BCUT2D eigenvalue weighted by atomic mass is 10.1. The predicted octanol–water partition coefficient (Wildman–Crippen LogP) is 3.42. The van der Waals surface area contributed by atoms with Crippen molar-refractivity contribution >= 4 is 29.0 Å². The fraction of sp³-hybridized carbons (Fsp3) is 0.167. The van der Waals surface area contributed by atoms with Crippen molar-refractivity contribution in [2.75, 3.05) is 16.8 Å². The van der Waals surface area contributed by atoms with Crippen molar-refractivity contribution in [2.24, 2.45) is 0 Å². The van der Waals surface area contributed by atoms with Crippen LogP contribution >= 0.6 is 11.8 Å². The van der Waals surface area contributed by atoms with Crippen molar-refractivity contribution in [3.63, 3.8) is 0 Å². The van der Waals surface area contributed by atoms with Gasteiger partial charge in [0.15, 0.2) is 11.0 Å². The van der Waals surface area contributed by atoms with Crippen molar-refractivity contribution in [2.45, 2.75) is 18.6 Å². The number of amides is 1. The lowest BCUT2D eigenvalue weighted by Gasteiger charge is -2.09. The van der Waals surface area contributed by atoms with Crippen LogP contribution in [-0.4, -0.2) is 26.4 Å². The van der Waals surface area contributed by atoms with Gasteiger partial charge in [0.05, 0.1) is 5.75 Å². The second-order valence-electron chi connectivity index (χ2n) is 5.48. The predicted molar refractivity (Wildman–Crippen MR) is 101 cm³/mol. The molecule has 0 aliphatic carbocycles. The maximum atomic E-state index is 13.2. The van der Waals surface area contributed by atoms with Crippen LogP contribution in [0, 0.1) is 5.82 Å². The Morgan fingerprint density at radius 3 is 2.77 bits per heavy atom. The molecule has 0 saturated carbocycles. The van der Waals surface area contributed by atoms with E-state index in [-0.39, 0.29) is 11.7 Å². The molecule has 3 aromatic rings. The highest BCUT2D eigenvalue weighted by molar-refractivity contribution is 7.99. The minimum Gasteiger partial charge on any atom is -0.398 e. The summed E-state index contributed by atoms with van der Waals surface area (Å²) in [4.78, 5) is 12.1. The topological polar surface area (TPSA) is 85.8 Å². The third kappa shape index (κ3) is 4.02. The summed E-state index contributed by atoms with van der Waals surface area (Å²) in [6, 6.07) is 13.2.